The third kappa shape index (κ3) is 2.21. The molecule has 2 aliphatic rings. The Labute approximate surface area is 111 Å². The van der Waals surface area contributed by atoms with E-state index in [9.17, 15) is 0 Å². The Morgan fingerprint density at radius 3 is 2.33 bits per heavy atom. The van der Waals surface area contributed by atoms with Crippen molar-refractivity contribution in [2.24, 2.45) is 11.8 Å². The summed E-state index contributed by atoms with van der Waals surface area (Å²) in [4.78, 5) is 0. The molecule has 1 aromatic carbocycles. The molecule has 1 aliphatic carbocycles. The lowest BCUT2D eigenvalue weighted by Gasteiger charge is -2.34. The van der Waals surface area contributed by atoms with Gasteiger partial charge < -0.3 is 5.32 Å². The zero-order valence-corrected chi connectivity index (χ0v) is 11.9. The van der Waals surface area contributed by atoms with Gasteiger partial charge in [0.1, 0.15) is 0 Å². The van der Waals surface area contributed by atoms with E-state index in [0.717, 1.165) is 18.4 Å². The molecule has 1 aliphatic heterocycles. The molecule has 3 atom stereocenters. The van der Waals surface area contributed by atoms with Gasteiger partial charge in [0.05, 0.1) is 0 Å². The van der Waals surface area contributed by atoms with Gasteiger partial charge in [-0.3, -0.25) is 0 Å². The number of hydrogen-bond acceptors (Lipinski definition) is 1. The molecule has 3 rings (SSSR count). The lowest BCUT2D eigenvalue weighted by atomic mass is 9.83. The fourth-order valence-corrected chi connectivity index (χ4v) is 3.40. The molecule has 1 heteroatoms. The quantitative estimate of drug-likeness (QED) is 0.826. The summed E-state index contributed by atoms with van der Waals surface area (Å²) in [5.41, 5.74) is 3.50. The predicted octanol–water partition coefficient (Wildman–Crippen LogP) is 4.04. The van der Waals surface area contributed by atoms with Gasteiger partial charge in [0, 0.05) is 6.04 Å². The fraction of sp³-hybridized carbons (Fsp3) is 0.647. The smallest absolute Gasteiger partial charge is 0.0346 e. The molecule has 1 N–H and O–H groups in total. The van der Waals surface area contributed by atoms with Gasteiger partial charge in [0.25, 0.3) is 0 Å². The first-order valence-corrected chi connectivity index (χ1v) is 7.42. The van der Waals surface area contributed by atoms with Crippen LogP contribution in [0.25, 0.3) is 0 Å². The van der Waals surface area contributed by atoms with E-state index in [4.69, 9.17) is 0 Å². The van der Waals surface area contributed by atoms with Crippen LogP contribution in [0.2, 0.25) is 0 Å². The second-order valence-electron chi connectivity index (χ2n) is 6.89. The molecule has 0 amide bonds. The van der Waals surface area contributed by atoms with Crippen molar-refractivity contribution in [1.29, 1.82) is 0 Å². The molecule has 1 saturated carbocycles. The topological polar surface area (TPSA) is 12.0 Å². The van der Waals surface area contributed by atoms with E-state index in [-0.39, 0.29) is 0 Å². The van der Waals surface area contributed by atoms with Crippen LogP contribution in [0.4, 0.5) is 0 Å². The molecule has 18 heavy (non-hydrogen) atoms. The molecule has 3 unspecified atom stereocenters. The van der Waals surface area contributed by atoms with Gasteiger partial charge in [-0.15, -0.1) is 0 Å². The van der Waals surface area contributed by atoms with Crippen molar-refractivity contribution < 1.29 is 0 Å². The minimum absolute atomic E-state index is 0.499. The Bertz CT molecular complexity index is 416. The Balaban J connectivity index is 1.76. The van der Waals surface area contributed by atoms with E-state index in [1.165, 1.54) is 30.4 Å². The van der Waals surface area contributed by atoms with Crippen LogP contribution >= 0.6 is 0 Å². The minimum atomic E-state index is 0.499. The monoisotopic (exact) mass is 243 g/mol. The first kappa shape index (κ1) is 12.2. The van der Waals surface area contributed by atoms with Crippen molar-refractivity contribution in [1.82, 2.24) is 5.32 Å². The minimum Gasteiger partial charge on any atom is -0.309 e. The average molecular weight is 243 g/mol. The highest BCUT2D eigenvalue weighted by atomic mass is 14.9. The van der Waals surface area contributed by atoms with Gasteiger partial charge in [0.2, 0.25) is 0 Å². The third-order valence-corrected chi connectivity index (χ3v) is 5.00. The van der Waals surface area contributed by atoms with Crippen molar-refractivity contribution in [2.45, 2.75) is 51.5 Å². The van der Waals surface area contributed by atoms with Gasteiger partial charge in [0.15, 0.2) is 0 Å². The SMILES string of the molecule is CC1CNC(c2ccc(C3(C)CC3)cc2)C(C)C1. The van der Waals surface area contributed by atoms with Gasteiger partial charge in [-0.05, 0) is 54.2 Å². The maximum atomic E-state index is 3.71. The van der Waals surface area contributed by atoms with Crippen molar-refractivity contribution >= 4 is 0 Å². The molecule has 0 aromatic heterocycles. The van der Waals surface area contributed by atoms with E-state index in [2.05, 4.69) is 50.4 Å². The first-order valence-electron chi connectivity index (χ1n) is 7.42. The highest BCUT2D eigenvalue weighted by Gasteiger charge is 2.38. The summed E-state index contributed by atoms with van der Waals surface area (Å²) in [7, 11) is 0. The molecule has 1 nitrogen and oxygen atoms in total. The predicted molar refractivity (Wildman–Crippen MR) is 76.7 cm³/mol. The maximum absolute atomic E-state index is 3.71. The molecule has 98 valence electrons. The number of hydrogen-bond donors (Lipinski definition) is 1. The van der Waals surface area contributed by atoms with Crippen LogP contribution in [0.3, 0.4) is 0 Å². The van der Waals surface area contributed by atoms with Crippen molar-refractivity contribution in [3.05, 3.63) is 35.4 Å². The molecule has 2 fully saturated rings. The van der Waals surface area contributed by atoms with E-state index in [0.29, 0.717) is 11.5 Å². The molecule has 0 spiro atoms. The fourth-order valence-electron chi connectivity index (χ4n) is 3.40. The molecule has 1 saturated heterocycles. The third-order valence-electron chi connectivity index (χ3n) is 5.00. The van der Waals surface area contributed by atoms with Crippen molar-refractivity contribution in [3.8, 4) is 0 Å². The molecule has 0 bridgehead atoms. The lowest BCUT2D eigenvalue weighted by Crippen LogP contribution is -2.37. The Morgan fingerprint density at radius 2 is 1.78 bits per heavy atom. The number of piperidine rings is 1. The summed E-state index contributed by atoms with van der Waals surface area (Å²) in [5.74, 6) is 1.57. The molecule has 1 aromatic rings. The van der Waals surface area contributed by atoms with Crippen LogP contribution in [-0.2, 0) is 5.41 Å². The van der Waals surface area contributed by atoms with E-state index >= 15 is 0 Å². The van der Waals surface area contributed by atoms with Crippen LogP contribution in [0.5, 0.6) is 0 Å². The van der Waals surface area contributed by atoms with Crippen molar-refractivity contribution in [2.75, 3.05) is 6.54 Å². The first-order chi connectivity index (χ1) is 8.58. The number of rotatable bonds is 2. The van der Waals surface area contributed by atoms with Gasteiger partial charge in [-0.2, -0.15) is 0 Å². The summed E-state index contributed by atoms with van der Waals surface area (Å²) in [6, 6.07) is 9.97. The van der Waals surface area contributed by atoms with Gasteiger partial charge >= 0.3 is 0 Å². The largest absolute Gasteiger partial charge is 0.309 e. The number of benzene rings is 1. The van der Waals surface area contributed by atoms with Crippen LogP contribution in [-0.4, -0.2) is 6.54 Å². The maximum Gasteiger partial charge on any atom is 0.0346 e. The van der Waals surface area contributed by atoms with Crippen LogP contribution < -0.4 is 5.32 Å². The standard InChI is InChI=1S/C17H25N/c1-12-10-13(2)16(18-11-12)14-4-6-15(7-5-14)17(3)8-9-17/h4-7,12-13,16,18H,8-11H2,1-3H3. The van der Waals surface area contributed by atoms with Gasteiger partial charge in [-0.1, -0.05) is 45.0 Å². The van der Waals surface area contributed by atoms with Gasteiger partial charge in [-0.25, -0.2) is 0 Å². The molecule has 0 radical (unpaired) electrons. The Hall–Kier alpha value is -0.820. The molecular formula is C17H25N. The second kappa shape index (κ2) is 4.38. The molecular weight excluding hydrogens is 218 g/mol. The molecule has 1 heterocycles. The summed E-state index contributed by atoms with van der Waals surface area (Å²) in [6.45, 7) is 8.26. The zero-order valence-electron chi connectivity index (χ0n) is 11.9. The summed E-state index contributed by atoms with van der Waals surface area (Å²) >= 11 is 0. The summed E-state index contributed by atoms with van der Waals surface area (Å²) in [6.07, 6.45) is 4.07. The normalized spacial score (nSPS) is 34.3. The van der Waals surface area contributed by atoms with E-state index < -0.39 is 0 Å². The van der Waals surface area contributed by atoms with Crippen LogP contribution in [0.1, 0.15) is 57.2 Å². The van der Waals surface area contributed by atoms with E-state index in [1.54, 1.807) is 0 Å². The lowest BCUT2D eigenvalue weighted by molar-refractivity contribution is 0.247. The highest BCUT2D eigenvalue weighted by molar-refractivity contribution is 5.34. The highest BCUT2D eigenvalue weighted by Crippen LogP contribution is 2.47. The second-order valence-corrected chi connectivity index (χ2v) is 6.89. The summed E-state index contributed by atoms with van der Waals surface area (Å²) in [5, 5.41) is 3.71. The Morgan fingerprint density at radius 1 is 1.11 bits per heavy atom. The van der Waals surface area contributed by atoms with Crippen LogP contribution in [0.15, 0.2) is 24.3 Å². The van der Waals surface area contributed by atoms with Crippen molar-refractivity contribution in [3.63, 3.8) is 0 Å². The van der Waals surface area contributed by atoms with Crippen LogP contribution in [0, 0.1) is 11.8 Å². The Kier molecular flexibility index (Phi) is 2.97. The number of nitrogens with one attached hydrogen (secondary N) is 1. The van der Waals surface area contributed by atoms with E-state index in [1.807, 2.05) is 0 Å². The average Bonchev–Trinajstić information content (AvgIpc) is 3.09. The zero-order chi connectivity index (χ0) is 12.8. The summed E-state index contributed by atoms with van der Waals surface area (Å²) < 4.78 is 0.